The summed E-state index contributed by atoms with van der Waals surface area (Å²) in [7, 11) is 0. The number of anilines is 1. The molecule has 2 amide bonds. The monoisotopic (exact) mass is 554 g/mol. The van der Waals surface area contributed by atoms with Crippen molar-refractivity contribution in [3.63, 3.8) is 0 Å². The molecule has 3 heterocycles. The van der Waals surface area contributed by atoms with Crippen molar-refractivity contribution in [1.29, 1.82) is 0 Å². The van der Waals surface area contributed by atoms with E-state index in [0.29, 0.717) is 12.8 Å². The Morgan fingerprint density at radius 3 is 2.56 bits per heavy atom. The van der Waals surface area contributed by atoms with Crippen molar-refractivity contribution in [3.05, 3.63) is 54.6 Å². The highest BCUT2D eigenvalue weighted by atomic mass is 32.2. The smallest absolute Gasteiger partial charge is 0.310 e. The van der Waals surface area contributed by atoms with E-state index in [-0.39, 0.29) is 48.7 Å². The van der Waals surface area contributed by atoms with Gasteiger partial charge in [0.1, 0.15) is 6.04 Å². The van der Waals surface area contributed by atoms with Gasteiger partial charge >= 0.3 is 5.97 Å². The Balaban J connectivity index is 1.83. The zero-order valence-corrected chi connectivity index (χ0v) is 24.4. The average Bonchev–Trinajstić information content (AvgIpc) is 3.56. The second-order valence-corrected chi connectivity index (χ2v) is 12.8. The lowest BCUT2D eigenvalue weighted by Gasteiger charge is -2.41. The topological polar surface area (TPSA) is 87.1 Å². The maximum absolute atomic E-state index is 14.8. The Bertz CT molecular complexity index is 1120. The highest BCUT2D eigenvalue weighted by molar-refractivity contribution is 8.02. The summed E-state index contributed by atoms with van der Waals surface area (Å²) in [6.07, 6.45) is 6.09. The maximum atomic E-state index is 14.8. The van der Waals surface area contributed by atoms with Crippen LogP contribution in [-0.4, -0.2) is 69.6 Å². The van der Waals surface area contributed by atoms with E-state index in [1.54, 1.807) is 33.7 Å². The van der Waals surface area contributed by atoms with Crippen molar-refractivity contribution >= 4 is 35.2 Å². The molecule has 7 nitrogen and oxygen atoms in total. The number of benzene rings is 1. The predicted molar refractivity (Wildman–Crippen MR) is 156 cm³/mol. The van der Waals surface area contributed by atoms with Crippen LogP contribution in [0.4, 0.5) is 5.69 Å². The van der Waals surface area contributed by atoms with E-state index in [1.165, 1.54) is 0 Å². The van der Waals surface area contributed by atoms with Gasteiger partial charge in [-0.2, -0.15) is 0 Å². The highest BCUT2D eigenvalue weighted by Crippen LogP contribution is 2.67. The molecule has 2 bridgehead atoms. The van der Waals surface area contributed by atoms with Crippen molar-refractivity contribution in [2.45, 2.75) is 75.5 Å². The van der Waals surface area contributed by atoms with Gasteiger partial charge in [0.25, 0.3) is 5.91 Å². The quantitative estimate of drug-likeness (QED) is 0.234. The molecule has 3 saturated heterocycles. The van der Waals surface area contributed by atoms with E-state index in [4.69, 9.17) is 4.74 Å². The second kappa shape index (κ2) is 11.9. The van der Waals surface area contributed by atoms with Gasteiger partial charge in [-0.15, -0.1) is 24.9 Å². The Morgan fingerprint density at radius 2 is 1.97 bits per heavy atom. The molecule has 8 heteroatoms. The molecule has 0 aromatic heterocycles. The van der Waals surface area contributed by atoms with Crippen LogP contribution in [0.2, 0.25) is 0 Å². The minimum absolute atomic E-state index is 0.0299. The molecule has 0 radical (unpaired) electrons. The molecule has 0 saturated carbocycles. The van der Waals surface area contributed by atoms with E-state index >= 15 is 0 Å². The minimum Gasteiger partial charge on any atom is -0.465 e. The number of esters is 1. The summed E-state index contributed by atoms with van der Waals surface area (Å²) in [6, 6.07) is 4.58. The normalized spacial score (nSPS) is 28.6. The number of aliphatic hydroxyl groups is 1. The minimum atomic E-state index is -0.805. The number of amides is 2. The summed E-state index contributed by atoms with van der Waals surface area (Å²) in [6.45, 7) is 15.8. The molecule has 212 valence electrons. The van der Waals surface area contributed by atoms with Gasteiger partial charge in [0.2, 0.25) is 5.91 Å². The molecule has 1 aromatic rings. The van der Waals surface area contributed by atoms with E-state index in [0.717, 1.165) is 29.7 Å². The number of aryl methyl sites for hydroxylation is 2. The molecule has 0 aliphatic carbocycles. The number of para-hydroxylation sites is 1. The third-order valence-electron chi connectivity index (χ3n) is 8.94. The van der Waals surface area contributed by atoms with Crippen molar-refractivity contribution < 1.29 is 24.2 Å². The second-order valence-electron chi connectivity index (χ2n) is 11.2. The summed E-state index contributed by atoms with van der Waals surface area (Å²) in [5.74, 6) is -2.06. The number of aliphatic hydroxyl groups excluding tert-OH is 1. The number of ether oxygens (including phenoxy) is 1. The molecule has 1 spiro atoms. The first kappa shape index (κ1) is 29.4. The standard InChI is InChI=1S/C31H42N2O5S/c1-7-10-17-38-30(37)24-23-14-15-31(39-23)25(24)28(35)33(22(18-34)19(4)9-3)27(31)29(36)32(16-8-2)26-20(5)12-11-13-21(26)6/h7-8,11-13,19,22-25,27,34H,1-2,9-10,14-18H2,3-6H3/t19-,22-,23+,24-,25-,27?,31?/m0/s1. The summed E-state index contributed by atoms with van der Waals surface area (Å²) in [5, 5.41) is 10.5. The number of likely N-dealkylation sites (tertiary alicyclic amines) is 1. The van der Waals surface area contributed by atoms with Crippen LogP contribution in [0.1, 0.15) is 50.7 Å². The van der Waals surface area contributed by atoms with Gasteiger partial charge < -0.3 is 19.6 Å². The van der Waals surface area contributed by atoms with Crippen molar-refractivity contribution in [3.8, 4) is 0 Å². The van der Waals surface area contributed by atoms with Crippen LogP contribution in [0.3, 0.4) is 0 Å². The average molecular weight is 555 g/mol. The first-order valence-corrected chi connectivity index (χ1v) is 14.9. The third kappa shape index (κ3) is 4.84. The first-order chi connectivity index (χ1) is 18.7. The lowest BCUT2D eigenvalue weighted by molar-refractivity contribution is -0.154. The van der Waals surface area contributed by atoms with Gasteiger partial charge in [0.05, 0.1) is 35.8 Å². The summed E-state index contributed by atoms with van der Waals surface area (Å²) < 4.78 is 4.84. The number of hydrogen-bond acceptors (Lipinski definition) is 6. The third-order valence-corrected chi connectivity index (χ3v) is 10.9. The van der Waals surface area contributed by atoms with Gasteiger partial charge in [0.15, 0.2) is 0 Å². The zero-order chi connectivity index (χ0) is 28.5. The molecule has 2 unspecified atom stereocenters. The van der Waals surface area contributed by atoms with Crippen LogP contribution < -0.4 is 4.90 Å². The number of nitrogens with zero attached hydrogens (tertiary/aromatic N) is 2. The van der Waals surface area contributed by atoms with Crippen LogP contribution in [0, 0.1) is 31.6 Å². The molecule has 3 fully saturated rings. The lowest BCUT2D eigenvalue weighted by atomic mass is 9.71. The summed E-state index contributed by atoms with van der Waals surface area (Å²) >= 11 is 1.62. The van der Waals surface area contributed by atoms with Crippen LogP contribution in [0.5, 0.6) is 0 Å². The number of rotatable bonds is 12. The molecule has 1 aromatic carbocycles. The SMILES string of the molecule is C=CCCOC(=O)[C@@H]1[C@H]2C(=O)N([C@@H](CO)[C@@H](C)CC)C(C(=O)N(CC=C)c3c(C)cccc3C)C23CC[C@H]1S3. The fraction of sp³-hybridized carbons (Fsp3) is 0.581. The lowest BCUT2D eigenvalue weighted by Crippen LogP contribution is -2.59. The summed E-state index contributed by atoms with van der Waals surface area (Å²) in [5.41, 5.74) is 2.74. The van der Waals surface area contributed by atoms with Crippen molar-refractivity contribution in [1.82, 2.24) is 4.90 Å². The Labute approximate surface area is 236 Å². The van der Waals surface area contributed by atoms with Crippen LogP contribution in [0.25, 0.3) is 0 Å². The molecule has 3 aliphatic heterocycles. The maximum Gasteiger partial charge on any atom is 0.310 e. The largest absolute Gasteiger partial charge is 0.465 e. The Kier molecular flexibility index (Phi) is 8.96. The highest BCUT2D eigenvalue weighted by Gasteiger charge is 2.75. The molecular weight excluding hydrogens is 512 g/mol. The van der Waals surface area contributed by atoms with E-state index in [2.05, 4.69) is 13.2 Å². The fourth-order valence-electron chi connectivity index (χ4n) is 6.95. The Morgan fingerprint density at radius 1 is 1.28 bits per heavy atom. The summed E-state index contributed by atoms with van der Waals surface area (Å²) in [4.78, 5) is 45.9. The molecule has 1 N–H and O–H groups in total. The van der Waals surface area contributed by atoms with Gasteiger partial charge in [0, 0.05) is 17.5 Å². The molecule has 3 aliphatic rings. The van der Waals surface area contributed by atoms with E-state index in [1.807, 2.05) is 45.9 Å². The van der Waals surface area contributed by atoms with E-state index < -0.39 is 28.7 Å². The number of carbonyl (C=O) groups is 3. The molecular formula is C31H42N2O5S. The van der Waals surface area contributed by atoms with Crippen LogP contribution in [0.15, 0.2) is 43.5 Å². The molecule has 7 atom stereocenters. The van der Waals surface area contributed by atoms with Crippen molar-refractivity contribution in [2.75, 3.05) is 24.7 Å². The van der Waals surface area contributed by atoms with Crippen molar-refractivity contribution in [2.24, 2.45) is 17.8 Å². The Hall–Kier alpha value is -2.58. The van der Waals surface area contributed by atoms with Gasteiger partial charge in [-0.05, 0) is 50.2 Å². The van der Waals surface area contributed by atoms with Gasteiger partial charge in [-0.1, -0.05) is 50.6 Å². The number of fused-ring (bicyclic) bond motifs is 1. The van der Waals surface area contributed by atoms with Crippen LogP contribution >= 0.6 is 11.8 Å². The molecule has 4 rings (SSSR count). The van der Waals surface area contributed by atoms with Gasteiger partial charge in [-0.25, -0.2) is 0 Å². The number of carbonyl (C=O) groups excluding carboxylic acids is 3. The van der Waals surface area contributed by atoms with E-state index in [9.17, 15) is 19.5 Å². The first-order valence-electron chi connectivity index (χ1n) is 14.0. The number of hydrogen-bond donors (Lipinski definition) is 1. The van der Waals surface area contributed by atoms with Crippen LogP contribution in [-0.2, 0) is 19.1 Å². The molecule has 39 heavy (non-hydrogen) atoms. The van der Waals surface area contributed by atoms with Gasteiger partial charge in [-0.3, -0.25) is 14.4 Å². The fourth-order valence-corrected chi connectivity index (χ4v) is 9.14. The zero-order valence-electron chi connectivity index (χ0n) is 23.6. The number of thioether (sulfide) groups is 1. The predicted octanol–water partition coefficient (Wildman–Crippen LogP) is 4.44.